The Labute approximate surface area is 110 Å². The number of nitrogens with one attached hydrogen (secondary N) is 1. The highest BCUT2D eigenvalue weighted by Gasteiger charge is 2.10. The van der Waals surface area contributed by atoms with Crippen molar-refractivity contribution in [3.63, 3.8) is 0 Å². The molecule has 1 N–H and O–H groups in total. The Morgan fingerprint density at radius 2 is 1.95 bits per heavy atom. The van der Waals surface area contributed by atoms with E-state index >= 15 is 0 Å². The quantitative estimate of drug-likeness (QED) is 0.854. The molecular weight excluding hydrogens is 244 g/mol. The smallest absolute Gasteiger partial charge is 0.232 e. The van der Waals surface area contributed by atoms with Crippen LogP contribution in [0.1, 0.15) is 28.7 Å². The van der Waals surface area contributed by atoms with Gasteiger partial charge in [-0.15, -0.1) is 0 Å². The molecule has 5 heteroatoms. The summed E-state index contributed by atoms with van der Waals surface area (Å²) in [4.78, 5) is 26.8. The molecule has 0 unspecified atom stereocenters. The fraction of sp³-hybridized carbons (Fsp3) is 0.214. The first-order valence-corrected chi connectivity index (χ1v) is 5.86. The average Bonchev–Trinajstić information content (AvgIpc) is 2.75. The molecule has 1 aromatic heterocycles. The van der Waals surface area contributed by atoms with Crippen molar-refractivity contribution in [1.82, 2.24) is 4.98 Å². The number of ketones is 1. The third kappa shape index (κ3) is 3.28. The summed E-state index contributed by atoms with van der Waals surface area (Å²) in [6, 6.07) is 6.75. The molecule has 0 spiro atoms. The minimum atomic E-state index is -0.185. The number of oxazole rings is 1. The number of anilines is 1. The maximum atomic E-state index is 11.8. The molecule has 2 rings (SSSR count). The molecule has 0 aliphatic carbocycles. The van der Waals surface area contributed by atoms with Crippen molar-refractivity contribution in [2.45, 2.75) is 20.3 Å². The summed E-state index contributed by atoms with van der Waals surface area (Å²) >= 11 is 0. The lowest BCUT2D eigenvalue weighted by Gasteiger charge is -2.04. The monoisotopic (exact) mass is 258 g/mol. The number of carbonyl (C=O) groups excluding carboxylic acids is 2. The third-order valence-corrected chi connectivity index (χ3v) is 2.74. The standard InChI is InChI=1S/C14H14N2O3/c1-9-13(19-8-15-9)7-14(18)16-12-5-3-11(4-6-12)10(2)17/h3-6,8H,7H2,1-2H3,(H,16,18). The summed E-state index contributed by atoms with van der Waals surface area (Å²) in [5.41, 5.74) is 1.97. The molecule has 5 nitrogen and oxygen atoms in total. The Kier molecular flexibility index (Phi) is 3.75. The molecule has 0 saturated carbocycles. The van der Waals surface area contributed by atoms with Gasteiger partial charge in [-0.2, -0.15) is 0 Å². The number of aryl methyl sites for hydroxylation is 1. The molecule has 19 heavy (non-hydrogen) atoms. The molecule has 0 radical (unpaired) electrons. The van der Waals surface area contributed by atoms with Crippen LogP contribution < -0.4 is 5.32 Å². The van der Waals surface area contributed by atoms with Gasteiger partial charge in [0.1, 0.15) is 5.76 Å². The molecule has 0 fully saturated rings. The van der Waals surface area contributed by atoms with Gasteiger partial charge in [-0.05, 0) is 38.1 Å². The molecule has 0 aliphatic rings. The Bertz CT molecular complexity index is 599. The van der Waals surface area contributed by atoms with E-state index in [4.69, 9.17) is 4.42 Å². The highest BCUT2D eigenvalue weighted by molar-refractivity contribution is 5.96. The van der Waals surface area contributed by atoms with Crippen LogP contribution in [0.3, 0.4) is 0 Å². The van der Waals surface area contributed by atoms with Crippen molar-refractivity contribution in [3.05, 3.63) is 47.7 Å². The van der Waals surface area contributed by atoms with Gasteiger partial charge in [0.25, 0.3) is 0 Å². The number of carbonyl (C=O) groups is 2. The first-order valence-electron chi connectivity index (χ1n) is 5.86. The lowest BCUT2D eigenvalue weighted by Crippen LogP contribution is -2.14. The second-order valence-electron chi connectivity index (χ2n) is 4.22. The zero-order chi connectivity index (χ0) is 13.8. The lowest BCUT2D eigenvalue weighted by atomic mass is 10.1. The van der Waals surface area contributed by atoms with Gasteiger partial charge in [-0.25, -0.2) is 4.98 Å². The molecule has 1 heterocycles. The van der Waals surface area contributed by atoms with Crippen molar-refractivity contribution in [2.75, 3.05) is 5.32 Å². The molecule has 0 bridgehead atoms. The molecule has 1 amide bonds. The van der Waals surface area contributed by atoms with Gasteiger partial charge in [0, 0.05) is 11.3 Å². The molecular formula is C14H14N2O3. The van der Waals surface area contributed by atoms with Crippen molar-refractivity contribution < 1.29 is 14.0 Å². The van der Waals surface area contributed by atoms with Crippen LogP contribution in [0, 0.1) is 6.92 Å². The SMILES string of the molecule is CC(=O)c1ccc(NC(=O)Cc2ocnc2C)cc1. The van der Waals surface area contributed by atoms with Crippen LogP contribution in [0.15, 0.2) is 35.1 Å². The second kappa shape index (κ2) is 5.48. The van der Waals surface area contributed by atoms with Crippen molar-refractivity contribution in [1.29, 1.82) is 0 Å². The van der Waals surface area contributed by atoms with Gasteiger partial charge in [-0.1, -0.05) is 0 Å². The van der Waals surface area contributed by atoms with E-state index in [-0.39, 0.29) is 18.1 Å². The predicted molar refractivity (Wildman–Crippen MR) is 70.0 cm³/mol. The maximum Gasteiger partial charge on any atom is 0.232 e. The number of amides is 1. The van der Waals surface area contributed by atoms with E-state index in [1.54, 1.807) is 31.2 Å². The first-order chi connectivity index (χ1) is 9.06. The van der Waals surface area contributed by atoms with Gasteiger partial charge in [0.05, 0.1) is 12.1 Å². The van der Waals surface area contributed by atoms with Crippen LogP contribution in [0.5, 0.6) is 0 Å². The van der Waals surface area contributed by atoms with Gasteiger partial charge in [0.2, 0.25) is 5.91 Å². The molecule has 98 valence electrons. The zero-order valence-electron chi connectivity index (χ0n) is 10.8. The Morgan fingerprint density at radius 3 is 2.47 bits per heavy atom. The highest BCUT2D eigenvalue weighted by atomic mass is 16.3. The van der Waals surface area contributed by atoms with Crippen molar-refractivity contribution >= 4 is 17.4 Å². The fourth-order valence-electron chi connectivity index (χ4n) is 1.64. The normalized spacial score (nSPS) is 10.2. The van der Waals surface area contributed by atoms with E-state index in [0.29, 0.717) is 22.7 Å². The Balaban J connectivity index is 1.99. The molecule has 0 aliphatic heterocycles. The topological polar surface area (TPSA) is 72.2 Å². The van der Waals surface area contributed by atoms with Gasteiger partial charge >= 0.3 is 0 Å². The van der Waals surface area contributed by atoms with E-state index in [1.807, 2.05) is 0 Å². The molecule has 2 aromatic rings. The number of nitrogens with zero attached hydrogens (tertiary/aromatic N) is 1. The predicted octanol–water partition coefficient (Wildman–Crippen LogP) is 2.37. The summed E-state index contributed by atoms with van der Waals surface area (Å²) in [5, 5.41) is 2.74. The maximum absolute atomic E-state index is 11.8. The summed E-state index contributed by atoms with van der Waals surface area (Å²) in [6.45, 7) is 3.29. The lowest BCUT2D eigenvalue weighted by molar-refractivity contribution is -0.115. The highest BCUT2D eigenvalue weighted by Crippen LogP contribution is 2.12. The van der Waals surface area contributed by atoms with Crippen LogP contribution in [0.2, 0.25) is 0 Å². The number of Topliss-reactive ketones (excluding diaryl/α,β-unsaturated/α-hetero) is 1. The van der Waals surface area contributed by atoms with E-state index in [0.717, 1.165) is 0 Å². The summed E-state index contributed by atoms with van der Waals surface area (Å²) in [6.07, 6.45) is 1.46. The Morgan fingerprint density at radius 1 is 1.26 bits per heavy atom. The van der Waals surface area contributed by atoms with E-state index < -0.39 is 0 Å². The Hall–Kier alpha value is -2.43. The number of hydrogen-bond acceptors (Lipinski definition) is 4. The third-order valence-electron chi connectivity index (χ3n) is 2.74. The summed E-state index contributed by atoms with van der Waals surface area (Å²) in [5.74, 6) is 0.364. The van der Waals surface area contributed by atoms with Crippen LogP contribution in [0.25, 0.3) is 0 Å². The zero-order valence-corrected chi connectivity index (χ0v) is 10.8. The molecule has 0 saturated heterocycles. The van der Waals surface area contributed by atoms with E-state index in [2.05, 4.69) is 10.3 Å². The molecule has 1 aromatic carbocycles. The summed E-state index contributed by atoms with van der Waals surface area (Å²) < 4.78 is 5.11. The minimum Gasteiger partial charge on any atom is -0.448 e. The van der Waals surface area contributed by atoms with E-state index in [9.17, 15) is 9.59 Å². The van der Waals surface area contributed by atoms with Crippen molar-refractivity contribution in [2.24, 2.45) is 0 Å². The van der Waals surface area contributed by atoms with E-state index in [1.165, 1.54) is 13.3 Å². The van der Waals surface area contributed by atoms with Gasteiger partial charge < -0.3 is 9.73 Å². The van der Waals surface area contributed by atoms with Gasteiger partial charge in [0.15, 0.2) is 12.2 Å². The summed E-state index contributed by atoms with van der Waals surface area (Å²) in [7, 11) is 0. The van der Waals surface area contributed by atoms with Crippen LogP contribution in [-0.2, 0) is 11.2 Å². The fourth-order valence-corrected chi connectivity index (χ4v) is 1.64. The average molecular weight is 258 g/mol. The number of aromatic nitrogens is 1. The first kappa shape index (κ1) is 13.0. The van der Waals surface area contributed by atoms with Crippen LogP contribution in [-0.4, -0.2) is 16.7 Å². The number of hydrogen-bond donors (Lipinski definition) is 1. The second-order valence-corrected chi connectivity index (χ2v) is 4.22. The van der Waals surface area contributed by atoms with Crippen molar-refractivity contribution in [3.8, 4) is 0 Å². The number of benzene rings is 1. The van der Waals surface area contributed by atoms with Crippen LogP contribution in [0.4, 0.5) is 5.69 Å². The number of rotatable bonds is 4. The minimum absolute atomic E-state index is 0.00448. The van der Waals surface area contributed by atoms with Crippen LogP contribution >= 0.6 is 0 Å². The largest absolute Gasteiger partial charge is 0.448 e. The van der Waals surface area contributed by atoms with Gasteiger partial charge in [-0.3, -0.25) is 9.59 Å². The molecule has 0 atom stereocenters.